The first kappa shape index (κ1) is 21.0. The summed E-state index contributed by atoms with van der Waals surface area (Å²) in [6, 6.07) is 0. The second kappa shape index (κ2) is 9.30. The lowest BCUT2D eigenvalue weighted by atomic mass is 9.60. The summed E-state index contributed by atoms with van der Waals surface area (Å²) < 4.78 is 15.6. The van der Waals surface area contributed by atoms with Gasteiger partial charge in [-0.1, -0.05) is 43.7 Å². The maximum absolute atomic E-state index is 10.3. The van der Waals surface area contributed by atoms with E-state index in [9.17, 15) is 10.2 Å². The molecule has 30 heavy (non-hydrogen) atoms. The van der Waals surface area contributed by atoms with Crippen LogP contribution in [0.5, 0.6) is 0 Å². The number of hydrogen-bond donors (Lipinski definition) is 3. The summed E-state index contributed by atoms with van der Waals surface area (Å²) in [5.41, 5.74) is 2.90. The van der Waals surface area contributed by atoms with Crippen molar-refractivity contribution in [3.63, 3.8) is 0 Å². The molecule has 2 unspecified atom stereocenters. The van der Waals surface area contributed by atoms with Gasteiger partial charge in [-0.3, -0.25) is 0 Å². The van der Waals surface area contributed by atoms with Crippen LogP contribution in [-0.4, -0.2) is 34.5 Å². The molecule has 3 aliphatic rings. The Morgan fingerprint density at radius 1 is 1.27 bits per heavy atom. The molecule has 0 amide bonds. The van der Waals surface area contributed by atoms with Gasteiger partial charge in [0, 0.05) is 0 Å². The normalized spacial score (nSPS) is 40.8. The predicted molar refractivity (Wildman–Crippen MR) is 124 cm³/mol. The molecule has 0 aliphatic heterocycles. The van der Waals surface area contributed by atoms with Gasteiger partial charge in [0.2, 0.25) is 1.43 Å². The average molecular weight is 419 g/mol. The summed E-state index contributed by atoms with van der Waals surface area (Å²) in [5, 5.41) is 25.1. The van der Waals surface area contributed by atoms with Gasteiger partial charge in [-0.25, -0.2) is 0 Å². The van der Waals surface area contributed by atoms with E-state index in [1.807, 2.05) is 0 Å². The third kappa shape index (κ3) is 5.11. The molecular weight excluding hydrogens is 372 g/mol. The Morgan fingerprint density at radius 3 is 2.73 bits per heavy atom. The molecule has 0 heterocycles. The number of hydrogen-bond acceptors (Lipinski definition) is 3. The molecule has 0 aromatic rings. The Kier molecular flexibility index (Phi) is 6.50. The second-order valence-electron chi connectivity index (χ2n) is 11.1. The largest absolute Gasteiger partial charge is 0.393 e. The minimum absolute atomic E-state index is 0.286. The molecule has 3 rings (SSSR count). The molecule has 170 valence electrons. The van der Waals surface area contributed by atoms with Gasteiger partial charge in [0.05, 0.1) is 19.2 Å². The maximum Gasteiger partial charge on any atom is 0.210 e. The number of aliphatic hydroxyl groups is 3. The average Bonchev–Trinajstić information content (AvgIpc) is 3.09. The van der Waals surface area contributed by atoms with Crippen molar-refractivity contribution in [1.29, 1.82) is 1.43 Å². The van der Waals surface area contributed by atoms with E-state index < -0.39 is 17.8 Å². The van der Waals surface area contributed by atoms with Crippen LogP contribution >= 0.6 is 0 Å². The minimum Gasteiger partial charge on any atom is -0.393 e. The van der Waals surface area contributed by atoms with Gasteiger partial charge < -0.3 is 15.3 Å². The van der Waals surface area contributed by atoms with E-state index in [1.165, 1.54) is 31.3 Å². The number of aliphatic hydroxyl groups excluding tert-OH is 1. The van der Waals surface area contributed by atoms with Crippen LogP contribution in [0.15, 0.2) is 35.5 Å². The standard InChI is InChI=1S/C27H44O3/c1-18-8-12-22(28)17-21(18)11-10-20-7-6-16-27(5)23(13-14-24(20)27)19(2)9-15-25(29)26(3,4)30/h10-11,19,22-25,28-30H,1,6-9,12-17H2,2-5H3/b20-10?,21-11-/t19-,22+,23-,24?,25?,27-/m1/s1/i22D,28D. The van der Waals surface area contributed by atoms with Crippen molar-refractivity contribution in [1.82, 2.24) is 0 Å². The van der Waals surface area contributed by atoms with E-state index in [0.717, 1.165) is 24.0 Å². The first-order chi connectivity index (χ1) is 14.9. The van der Waals surface area contributed by atoms with E-state index in [0.29, 0.717) is 43.4 Å². The fraction of sp³-hybridized carbons (Fsp3) is 0.778. The molecule has 0 aromatic carbocycles. The van der Waals surface area contributed by atoms with Crippen molar-refractivity contribution < 1.29 is 16.7 Å². The zero-order valence-corrected chi connectivity index (χ0v) is 19.5. The Morgan fingerprint density at radius 2 is 2.03 bits per heavy atom. The molecular formula is C27H44O3. The van der Waals surface area contributed by atoms with Crippen molar-refractivity contribution in [3.8, 4) is 0 Å². The molecule has 0 saturated heterocycles. The number of rotatable bonds is 7. The van der Waals surface area contributed by atoms with E-state index in [1.54, 1.807) is 13.8 Å². The van der Waals surface area contributed by atoms with Crippen LogP contribution < -0.4 is 0 Å². The van der Waals surface area contributed by atoms with Crippen molar-refractivity contribution in [2.24, 2.45) is 23.2 Å². The quantitative estimate of drug-likeness (QED) is 0.497. The fourth-order valence-electron chi connectivity index (χ4n) is 6.45. The second-order valence-corrected chi connectivity index (χ2v) is 11.1. The Hall–Kier alpha value is -0.900. The highest BCUT2D eigenvalue weighted by Crippen LogP contribution is 2.60. The van der Waals surface area contributed by atoms with Crippen molar-refractivity contribution in [2.75, 3.05) is 0 Å². The Balaban J connectivity index is 1.72. The third-order valence-corrected chi connectivity index (χ3v) is 8.48. The van der Waals surface area contributed by atoms with Gasteiger partial charge in [0.1, 0.15) is 0 Å². The van der Waals surface area contributed by atoms with E-state index in [4.69, 9.17) is 7.91 Å². The van der Waals surface area contributed by atoms with E-state index in [2.05, 4.69) is 32.6 Å². The van der Waals surface area contributed by atoms with Gasteiger partial charge in [-0.05, 0) is 107 Å². The monoisotopic (exact) mass is 418 g/mol. The summed E-state index contributed by atoms with van der Waals surface area (Å²) in [5.74, 6) is 1.75. The molecule has 3 saturated carbocycles. The van der Waals surface area contributed by atoms with Gasteiger partial charge in [-0.15, -0.1) is 0 Å². The zero-order chi connectivity index (χ0) is 23.7. The van der Waals surface area contributed by atoms with Gasteiger partial charge in [0.15, 0.2) is 0 Å². The van der Waals surface area contributed by atoms with Crippen molar-refractivity contribution in [3.05, 3.63) is 35.5 Å². The molecule has 0 aromatic heterocycles. The SMILES string of the molecule is [2H]O[C@@]1([2H])CCC(=C)/C(=C\C=C2CCC[C@@]3(C)C2CC[C@@H]3[C@H](C)CCC(O)C(C)(C)O)C1. The van der Waals surface area contributed by atoms with E-state index in [-0.39, 0.29) is 5.41 Å². The lowest BCUT2D eigenvalue weighted by molar-refractivity contribution is -0.0554. The summed E-state index contributed by atoms with van der Waals surface area (Å²) in [6.07, 6.45) is 11.9. The van der Waals surface area contributed by atoms with E-state index >= 15 is 0 Å². The highest BCUT2D eigenvalue weighted by Gasteiger charge is 2.50. The molecule has 0 spiro atoms. The third-order valence-electron chi connectivity index (χ3n) is 8.48. The summed E-state index contributed by atoms with van der Waals surface area (Å²) in [7, 11) is 0. The van der Waals surface area contributed by atoms with Crippen molar-refractivity contribution in [2.45, 2.75) is 110 Å². The molecule has 3 N–H and O–H groups in total. The first-order valence-electron chi connectivity index (χ1n) is 12.9. The first-order valence-corrected chi connectivity index (χ1v) is 12.0. The summed E-state index contributed by atoms with van der Waals surface area (Å²) in [4.78, 5) is 0. The molecule has 0 bridgehead atoms. The van der Waals surface area contributed by atoms with Gasteiger partial charge in [0.25, 0.3) is 0 Å². The van der Waals surface area contributed by atoms with Crippen LogP contribution in [0.1, 0.15) is 93.3 Å². The summed E-state index contributed by atoms with van der Waals surface area (Å²) >= 11 is 0. The van der Waals surface area contributed by atoms with Crippen LogP contribution in [0, 0.1) is 23.2 Å². The molecule has 0 radical (unpaired) electrons. The highest BCUT2D eigenvalue weighted by molar-refractivity contribution is 5.36. The van der Waals surface area contributed by atoms with Gasteiger partial charge >= 0.3 is 0 Å². The molecule has 3 heteroatoms. The number of allylic oxidation sites excluding steroid dienone is 4. The predicted octanol–water partition coefficient (Wildman–Crippen LogP) is 5.70. The lowest BCUT2D eigenvalue weighted by Crippen LogP contribution is -2.38. The maximum atomic E-state index is 10.3. The zero-order valence-electron chi connectivity index (χ0n) is 21.5. The van der Waals surface area contributed by atoms with Gasteiger partial charge in [-0.2, -0.15) is 0 Å². The highest BCUT2D eigenvalue weighted by atomic mass is 16.3. The van der Waals surface area contributed by atoms with Crippen molar-refractivity contribution >= 4 is 0 Å². The molecule has 3 nitrogen and oxygen atoms in total. The van der Waals surface area contributed by atoms with Crippen LogP contribution in [0.2, 0.25) is 0 Å². The molecule has 6 atom stereocenters. The van der Waals surface area contributed by atoms with Crippen LogP contribution in [-0.2, 0) is 0 Å². The summed E-state index contributed by atoms with van der Waals surface area (Å²) in [6.45, 7) is 12.4. The topological polar surface area (TPSA) is 60.7 Å². The fourth-order valence-corrected chi connectivity index (χ4v) is 6.45. The number of fused-ring (bicyclic) bond motifs is 1. The smallest absolute Gasteiger partial charge is 0.210 e. The Labute approximate surface area is 186 Å². The molecule has 3 fully saturated rings. The lowest BCUT2D eigenvalue weighted by Gasteiger charge is -2.44. The molecule has 3 aliphatic carbocycles. The van der Waals surface area contributed by atoms with Crippen LogP contribution in [0.25, 0.3) is 0 Å². The Bertz CT molecular complexity index is 752. The van der Waals surface area contributed by atoms with Crippen LogP contribution in [0.3, 0.4) is 0 Å². The minimum atomic E-state index is -1.14. The van der Waals surface area contributed by atoms with Crippen LogP contribution in [0.4, 0.5) is 0 Å².